The summed E-state index contributed by atoms with van der Waals surface area (Å²) in [6, 6.07) is 12.0. The summed E-state index contributed by atoms with van der Waals surface area (Å²) >= 11 is 0. The van der Waals surface area contributed by atoms with E-state index in [2.05, 4.69) is 4.72 Å². The van der Waals surface area contributed by atoms with Gasteiger partial charge in [-0.15, -0.1) is 0 Å². The van der Waals surface area contributed by atoms with E-state index in [9.17, 15) is 21.6 Å². The van der Waals surface area contributed by atoms with Gasteiger partial charge in [-0.2, -0.15) is 5.26 Å². The van der Waals surface area contributed by atoms with Crippen molar-refractivity contribution in [1.82, 2.24) is 0 Å². The van der Waals surface area contributed by atoms with Gasteiger partial charge in [0, 0.05) is 6.42 Å². The van der Waals surface area contributed by atoms with Gasteiger partial charge in [0.2, 0.25) is 15.9 Å². The fourth-order valence-corrected chi connectivity index (χ4v) is 5.54. The molecule has 2 aromatic rings. The van der Waals surface area contributed by atoms with Crippen molar-refractivity contribution >= 4 is 37.3 Å². The number of aryl methyl sites for hydroxylation is 1. The second-order valence-electron chi connectivity index (χ2n) is 5.94. The Kier molecular flexibility index (Phi) is 4.67. The molecule has 1 heterocycles. The third-order valence-electron chi connectivity index (χ3n) is 4.07. The molecule has 1 aliphatic rings. The topological polar surface area (TPSA) is 124 Å². The van der Waals surface area contributed by atoms with Crippen molar-refractivity contribution < 1.29 is 21.6 Å². The Labute approximate surface area is 157 Å². The van der Waals surface area contributed by atoms with Crippen molar-refractivity contribution in [2.45, 2.75) is 18.2 Å². The summed E-state index contributed by atoms with van der Waals surface area (Å²) in [4.78, 5) is 11.8. The van der Waals surface area contributed by atoms with E-state index in [1.165, 1.54) is 24.3 Å². The number of nitrogens with zero attached hydrogens (tertiary/aromatic N) is 2. The van der Waals surface area contributed by atoms with Crippen LogP contribution in [0.1, 0.15) is 17.5 Å². The maximum Gasteiger partial charge on any atom is 0.262 e. The molecule has 2 aromatic carbocycles. The maximum absolute atomic E-state index is 12.8. The number of nitrogens with one attached hydrogen (secondary N) is 1. The van der Waals surface area contributed by atoms with Crippen LogP contribution in [0.5, 0.6) is 0 Å². The molecule has 0 bridgehead atoms. The molecule has 1 amide bonds. The van der Waals surface area contributed by atoms with Crippen molar-refractivity contribution in [1.29, 1.82) is 5.26 Å². The molecular formula is C17H15N3O5S2. The van der Waals surface area contributed by atoms with Crippen LogP contribution in [0, 0.1) is 18.3 Å². The number of nitriles is 1. The fraction of sp³-hybridized carbons (Fsp3) is 0.176. The van der Waals surface area contributed by atoms with Gasteiger partial charge in [-0.25, -0.2) is 21.1 Å². The van der Waals surface area contributed by atoms with Gasteiger partial charge < -0.3 is 0 Å². The quantitative estimate of drug-likeness (QED) is 0.826. The van der Waals surface area contributed by atoms with Crippen LogP contribution in [0.4, 0.5) is 11.4 Å². The molecule has 1 N–H and O–H groups in total. The zero-order valence-electron chi connectivity index (χ0n) is 14.2. The largest absolute Gasteiger partial charge is 0.278 e. The van der Waals surface area contributed by atoms with E-state index in [1.807, 2.05) is 6.07 Å². The number of anilines is 2. The first kappa shape index (κ1) is 18.9. The van der Waals surface area contributed by atoms with Crippen LogP contribution >= 0.6 is 0 Å². The number of carbonyl (C=O) groups is 1. The first-order valence-corrected chi connectivity index (χ1v) is 10.9. The van der Waals surface area contributed by atoms with E-state index in [-0.39, 0.29) is 34.0 Å². The second kappa shape index (κ2) is 6.68. The summed E-state index contributed by atoms with van der Waals surface area (Å²) < 4.78 is 52.8. The lowest BCUT2D eigenvalue weighted by atomic mass is 10.2. The summed E-state index contributed by atoms with van der Waals surface area (Å²) in [7, 11) is -7.93. The van der Waals surface area contributed by atoms with E-state index in [0.29, 0.717) is 9.87 Å². The van der Waals surface area contributed by atoms with Gasteiger partial charge in [-0.3, -0.25) is 9.52 Å². The van der Waals surface area contributed by atoms with Crippen LogP contribution in [-0.4, -0.2) is 28.5 Å². The molecule has 0 spiro atoms. The standard InChI is InChI=1S/C17H15N3O5S2/c1-12-6-7-14(20-17(21)8-9-26(20,22)23)10-16(12)27(24,25)19-15-5-3-2-4-13(15)11-18/h2-7,10,19H,8-9H2,1H3. The summed E-state index contributed by atoms with van der Waals surface area (Å²) in [5, 5.41) is 9.12. The number of benzene rings is 2. The molecule has 1 saturated heterocycles. The third kappa shape index (κ3) is 3.51. The van der Waals surface area contributed by atoms with Gasteiger partial charge in [-0.1, -0.05) is 18.2 Å². The van der Waals surface area contributed by atoms with Crippen LogP contribution in [0.2, 0.25) is 0 Å². The van der Waals surface area contributed by atoms with E-state index < -0.39 is 26.0 Å². The zero-order chi connectivity index (χ0) is 19.8. The number of rotatable bonds is 4. The summed E-state index contributed by atoms with van der Waals surface area (Å²) in [5.41, 5.74) is 0.587. The molecule has 0 aliphatic carbocycles. The Morgan fingerprint density at radius 3 is 2.52 bits per heavy atom. The number of hydrogen-bond acceptors (Lipinski definition) is 6. The Bertz CT molecular complexity index is 1180. The monoisotopic (exact) mass is 405 g/mol. The van der Waals surface area contributed by atoms with Gasteiger partial charge in [0.1, 0.15) is 6.07 Å². The molecule has 0 aromatic heterocycles. The molecule has 0 radical (unpaired) electrons. The molecule has 0 unspecified atom stereocenters. The molecule has 0 atom stereocenters. The predicted octanol–water partition coefficient (Wildman–Crippen LogP) is 1.73. The minimum atomic E-state index is -4.12. The number of carbonyl (C=O) groups excluding carboxylic acids is 1. The summed E-state index contributed by atoms with van der Waals surface area (Å²) in [5.74, 6) is -0.916. The average Bonchev–Trinajstić information content (AvgIpc) is 2.88. The van der Waals surface area contributed by atoms with Crippen molar-refractivity contribution in [3.63, 3.8) is 0 Å². The van der Waals surface area contributed by atoms with Crippen LogP contribution < -0.4 is 9.03 Å². The van der Waals surface area contributed by atoms with Crippen LogP contribution in [0.15, 0.2) is 47.4 Å². The van der Waals surface area contributed by atoms with E-state index >= 15 is 0 Å². The molecular weight excluding hydrogens is 390 g/mol. The maximum atomic E-state index is 12.8. The van der Waals surface area contributed by atoms with Gasteiger partial charge in [0.15, 0.2) is 0 Å². The molecule has 8 nitrogen and oxygen atoms in total. The van der Waals surface area contributed by atoms with Crippen molar-refractivity contribution in [2.75, 3.05) is 14.8 Å². The molecule has 1 aliphatic heterocycles. The minimum absolute atomic E-state index is 0.0305. The minimum Gasteiger partial charge on any atom is -0.278 e. The highest BCUT2D eigenvalue weighted by Crippen LogP contribution is 2.30. The van der Waals surface area contributed by atoms with Gasteiger partial charge in [0.05, 0.1) is 27.6 Å². The van der Waals surface area contributed by atoms with Gasteiger partial charge in [-0.05, 0) is 36.8 Å². The first-order chi connectivity index (χ1) is 12.7. The van der Waals surface area contributed by atoms with Crippen LogP contribution in [0.3, 0.4) is 0 Å². The highest BCUT2D eigenvalue weighted by atomic mass is 32.2. The number of para-hydroxylation sites is 1. The Balaban J connectivity index is 2.06. The Morgan fingerprint density at radius 1 is 1.19 bits per heavy atom. The van der Waals surface area contributed by atoms with E-state index in [4.69, 9.17) is 5.26 Å². The molecule has 10 heteroatoms. The summed E-state index contributed by atoms with van der Waals surface area (Å²) in [6.07, 6.45) is -0.147. The molecule has 27 heavy (non-hydrogen) atoms. The lowest BCUT2D eigenvalue weighted by molar-refractivity contribution is -0.116. The molecule has 140 valence electrons. The van der Waals surface area contributed by atoms with Crippen molar-refractivity contribution in [3.05, 3.63) is 53.6 Å². The molecule has 1 fully saturated rings. The Morgan fingerprint density at radius 2 is 1.89 bits per heavy atom. The molecule has 0 saturated carbocycles. The first-order valence-electron chi connectivity index (χ1n) is 7.84. The smallest absolute Gasteiger partial charge is 0.262 e. The lowest BCUT2D eigenvalue weighted by Crippen LogP contribution is -2.29. The zero-order valence-corrected chi connectivity index (χ0v) is 15.8. The third-order valence-corrected chi connectivity index (χ3v) is 7.26. The van der Waals surface area contributed by atoms with E-state index in [0.717, 1.165) is 6.07 Å². The fourth-order valence-electron chi connectivity index (χ4n) is 2.74. The average molecular weight is 405 g/mol. The summed E-state index contributed by atoms with van der Waals surface area (Å²) in [6.45, 7) is 1.55. The normalized spacial score (nSPS) is 16.1. The van der Waals surface area contributed by atoms with Gasteiger partial charge >= 0.3 is 0 Å². The van der Waals surface area contributed by atoms with Crippen LogP contribution in [0.25, 0.3) is 0 Å². The highest BCUT2D eigenvalue weighted by molar-refractivity contribution is 7.94. The number of amides is 1. The predicted molar refractivity (Wildman–Crippen MR) is 99.0 cm³/mol. The lowest BCUT2D eigenvalue weighted by Gasteiger charge is -2.18. The number of hydrogen-bond donors (Lipinski definition) is 1. The highest BCUT2D eigenvalue weighted by Gasteiger charge is 2.37. The van der Waals surface area contributed by atoms with Gasteiger partial charge in [0.25, 0.3) is 10.0 Å². The van der Waals surface area contributed by atoms with E-state index in [1.54, 1.807) is 19.1 Å². The van der Waals surface area contributed by atoms with Crippen molar-refractivity contribution in [2.24, 2.45) is 0 Å². The van der Waals surface area contributed by atoms with Crippen LogP contribution in [-0.2, 0) is 24.8 Å². The molecule has 3 rings (SSSR count). The van der Waals surface area contributed by atoms with Crippen molar-refractivity contribution in [3.8, 4) is 6.07 Å². The SMILES string of the molecule is Cc1ccc(N2C(=O)CCS2(=O)=O)cc1S(=O)(=O)Nc1ccccc1C#N. The number of sulfonamides is 2. The second-order valence-corrected chi connectivity index (χ2v) is 9.52. The Hall–Kier alpha value is -2.90.